The molecule has 0 aliphatic carbocycles. The van der Waals surface area contributed by atoms with Crippen molar-refractivity contribution < 1.29 is 14.3 Å². The molecule has 0 aliphatic heterocycles. The van der Waals surface area contributed by atoms with Gasteiger partial charge in [-0.2, -0.15) is 0 Å². The largest absolute Gasteiger partial charge is 0.493 e. The SMILES string of the molecule is COc1ccc(NC(=O)c2ccc(Nc3cc(C)cc(C)c3)nn2)cc1OC. The highest BCUT2D eigenvalue weighted by Crippen LogP contribution is 2.29. The highest BCUT2D eigenvalue weighted by molar-refractivity contribution is 6.03. The fourth-order valence-corrected chi connectivity index (χ4v) is 2.82. The molecule has 0 aliphatic rings. The molecule has 0 bridgehead atoms. The summed E-state index contributed by atoms with van der Waals surface area (Å²) in [6, 6.07) is 14.6. The summed E-state index contributed by atoms with van der Waals surface area (Å²) >= 11 is 0. The van der Waals surface area contributed by atoms with Gasteiger partial charge in [0, 0.05) is 17.4 Å². The Hall–Kier alpha value is -3.61. The van der Waals surface area contributed by atoms with Crippen LogP contribution >= 0.6 is 0 Å². The van der Waals surface area contributed by atoms with Gasteiger partial charge in [-0.05, 0) is 61.4 Å². The zero-order chi connectivity index (χ0) is 20.1. The highest BCUT2D eigenvalue weighted by Gasteiger charge is 2.11. The van der Waals surface area contributed by atoms with E-state index in [2.05, 4.69) is 26.9 Å². The second kappa shape index (κ2) is 8.39. The predicted octanol–water partition coefficient (Wildman–Crippen LogP) is 4.11. The lowest BCUT2D eigenvalue weighted by Gasteiger charge is -2.10. The average Bonchev–Trinajstić information content (AvgIpc) is 2.67. The van der Waals surface area contributed by atoms with Crippen LogP contribution in [0.2, 0.25) is 0 Å². The fourth-order valence-electron chi connectivity index (χ4n) is 2.82. The van der Waals surface area contributed by atoms with Crippen LogP contribution in [0.25, 0.3) is 0 Å². The van der Waals surface area contributed by atoms with E-state index in [4.69, 9.17) is 9.47 Å². The van der Waals surface area contributed by atoms with Gasteiger partial charge in [0.15, 0.2) is 23.0 Å². The summed E-state index contributed by atoms with van der Waals surface area (Å²) in [6.07, 6.45) is 0. The predicted molar refractivity (Wildman–Crippen MR) is 109 cm³/mol. The third kappa shape index (κ3) is 4.56. The lowest BCUT2D eigenvalue weighted by Crippen LogP contribution is -2.14. The molecule has 7 heteroatoms. The van der Waals surface area contributed by atoms with E-state index in [1.807, 2.05) is 26.0 Å². The van der Waals surface area contributed by atoms with Gasteiger partial charge in [-0.1, -0.05) is 6.07 Å². The van der Waals surface area contributed by atoms with Gasteiger partial charge in [-0.25, -0.2) is 0 Å². The minimum atomic E-state index is -0.363. The van der Waals surface area contributed by atoms with E-state index in [9.17, 15) is 4.79 Å². The van der Waals surface area contributed by atoms with Gasteiger partial charge in [0.2, 0.25) is 0 Å². The van der Waals surface area contributed by atoms with Crippen LogP contribution in [0.4, 0.5) is 17.2 Å². The summed E-state index contributed by atoms with van der Waals surface area (Å²) in [7, 11) is 3.09. The maximum absolute atomic E-state index is 12.4. The number of ether oxygens (including phenoxy) is 2. The van der Waals surface area contributed by atoms with Crippen LogP contribution in [0, 0.1) is 13.8 Å². The first kappa shape index (κ1) is 19.2. The number of amides is 1. The molecule has 0 unspecified atom stereocenters. The van der Waals surface area contributed by atoms with Crippen LogP contribution in [0.3, 0.4) is 0 Å². The van der Waals surface area contributed by atoms with Crippen LogP contribution < -0.4 is 20.1 Å². The van der Waals surface area contributed by atoms with E-state index in [0.717, 1.165) is 16.8 Å². The van der Waals surface area contributed by atoms with Gasteiger partial charge in [-0.15, -0.1) is 10.2 Å². The third-order valence-corrected chi connectivity index (χ3v) is 4.03. The zero-order valence-electron chi connectivity index (χ0n) is 16.2. The highest BCUT2D eigenvalue weighted by atomic mass is 16.5. The molecular weight excluding hydrogens is 356 g/mol. The Labute approximate surface area is 163 Å². The summed E-state index contributed by atoms with van der Waals surface area (Å²) in [5.74, 6) is 1.31. The lowest BCUT2D eigenvalue weighted by atomic mass is 10.1. The second-order valence-electron chi connectivity index (χ2n) is 6.33. The molecule has 2 aromatic carbocycles. The number of aryl methyl sites for hydroxylation is 2. The maximum atomic E-state index is 12.4. The number of methoxy groups -OCH3 is 2. The first-order valence-electron chi connectivity index (χ1n) is 8.71. The molecule has 3 aromatic rings. The average molecular weight is 378 g/mol. The molecule has 0 radical (unpaired) electrons. The fraction of sp³-hybridized carbons (Fsp3) is 0.190. The van der Waals surface area contributed by atoms with Crippen LogP contribution in [-0.2, 0) is 0 Å². The summed E-state index contributed by atoms with van der Waals surface area (Å²) in [6.45, 7) is 4.07. The van der Waals surface area contributed by atoms with Crippen LogP contribution in [-0.4, -0.2) is 30.3 Å². The molecule has 144 valence electrons. The van der Waals surface area contributed by atoms with E-state index in [-0.39, 0.29) is 11.6 Å². The smallest absolute Gasteiger partial charge is 0.276 e. The number of nitrogens with one attached hydrogen (secondary N) is 2. The molecule has 1 heterocycles. The normalized spacial score (nSPS) is 10.3. The molecule has 0 saturated carbocycles. The Morgan fingerprint density at radius 2 is 1.54 bits per heavy atom. The van der Waals surface area contributed by atoms with Crippen LogP contribution in [0.1, 0.15) is 21.6 Å². The Morgan fingerprint density at radius 1 is 0.821 bits per heavy atom. The number of carbonyl (C=O) groups excluding carboxylic acids is 1. The number of nitrogens with zero attached hydrogens (tertiary/aromatic N) is 2. The Balaban J connectivity index is 1.70. The van der Waals surface area contributed by atoms with Crippen molar-refractivity contribution in [3.63, 3.8) is 0 Å². The summed E-state index contributed by atoms with van der Waals surface area (Å²) in [4.78, 5) is 12.4. The molecule has 1 amide bonds. The molecule has 0 saturated heterocycles. The lowest BCUT2D eigenvalue weighted by molar-refractivity contribution is 0.102. The van der Waals surface area contributed by atoms with Crippen molar-refractivity contribution in [3.05, 3.63) is 65.4 Å². The zero-order valence-corrected chi connectivity index (χ0v) is 16.2. The van der Waals surface area contributed by atoms with Crippen molar-refractivity contribution in [2.75, 3.05) is 24.9 Å². The Bertz CT molecular complexity index is 967. The topological polar surface area (TPSA) is 85.4 Å². The second-order valence-corrected chi connectivity index (χ2v) is 6.33. The van der Waals surface area contributed by atoms with Gasteiger partial charge in [0.05, 0.1) is 14.2 Å². The molecule has 7 nitrogen and oxygen atoms in total. The third-order valence-electron chi connectivity index (χ3n) is 4.03. The van der Waals surface area contributed by atoms with Gasteiger partial charge in [0.25, 0.3) is 5.91 Å². The standard InChI is InChI=1S/C21H22N4O3/c1-13-9-14(2)11-16(10-13)22-20-8-6-17(24-25-20)21(26)23-15-5-7-18(27-3)19(12-15)28-4/h5-12H,1-4H3,(H,22,25)(H,23,26). The quantitative estimate of drug-likeness (QED) is 0.671. The first-order chi connectivity index (χ1) is 13.5. The van der Waals surface area contributed by atoms with Crippen molar-refractivity contribution in [2.24, 2.45) is 0 Å². The monoisotopic (exact) mass is 378 g/mol. The van der Waals surface area contributed by atoms with Crippen LogP contribution in [0.5, 0.6) is 11.5 Å². The number of carbonyl (C=O) groups is 1. The summed E-state index contributed by atoms with van der Waals surface area (Å²) in [5, 5.41) is 14.1. The number of anilines is 3. The molecule has 2 N–H and O–H groups in total. The molecule has 28 heavy (non-hydrogen) atoms. The van der Waals surface area contributed by atoms with Crippen molar-refractivity contribution in [1.82, 2.24) is 10.2 Å². The number of hydrogen-bond acceptors (Lipinski definition) is 6. The van der Waals surface area contributed by atoms with Gasteiger partial charge in [0.1, 0.15) is 0 Å². The molecule has 0 fully saturated rings. The van der Waals surface area contributed by atoms with E-state index in [1.165, 1.54) is 7.11 Å². The van der Waals surface area contributed by atoms with Crippen molar-refractivity contribution in [2.45, 2.75) is 13.8 Å². The van der Waals surface area contributed by atoms with Gasteiger partial charge in [-0.3, -0.25) is 4.79 Å². The first-order valence-corrected chi connectivity index (χ1v) is 8.71. The molecule has 0 spiro atoms. The van der Waals surface area contributed by atoms with Gasteiger partial charge >= 0.3 is 0 Å². The van der Waals surface area contributed by atoms with E-state index >= 15 is 0 Å². The molecule has 1 aromatic heterocycles. The van der Waals surface area contributed by atoms with Crippen LogP contribution in [0.15, 0.2) is 48.5 Å². The van der Waals surface area contributed by atoms with E-state index in [1.54, 1.807) is 37.4 Å². The summed E-state index contributed by atoms with van der Waals surface area (Å²) < 4.78 is 10.4. The van der Waals surface area contributed by atoms with Crippen molar-refractivity contribution in [1.29, 1.82) is 0 Å². The molecular formula is C21H22N4O3. The minimum absolute atomic E-state index is 0.209. The molecule has 3 rings (SSSR count). The van der Waals surface area contributed by atoms with Crippen molar-refractivity contribution in [3.8, 4) is 11.5 Å². The van der Waals surface area contributed by atoms with E-state index < -0.39 is 0 Å². The number of aromatic nitrogens is 2. The van der Waals surface area contributed by atoms with Gasteiger partial charge < -0.3 is 20.1 Å². The Kier molecular flexibility index (Phi) is 5.74. The minimum Gasteiger partial charge on any atom is -0.493 e. The number of hydrogen-bond donors (Lipinski definition) is 2. The number of rotatable bonds is 6. The van der Waals surface area contributed by atoms with E-state index in [0.29, 0.717) is 23.0 Å². The maximum Gasteiger partial charge on any atom is 0.276 e. The number of benzene rings is 2. The van der Waals surface area contributed by atoms with Crippen molar-refractivity contribution >= 4 is 23.1 Å². The molecule has 0 atom stereocenters. The summed E-state index contributed by atoms with van der Waals surface area (Å²) in [5.41, 5.74) is 4.01. The Morgan fingerprint density at radius 3 is 2.14 bits per heavy atom.